The molecule has 1 fully saturated rings. The van der Waals surface area contributed by atoms with Crippen LogP contribution in [0.15, 0.2) is 30.3 Å². The lowest BCUT2D eigenvalue weighted by Gasteiger charge is -2.28. The molecule has 0 spiro atoms. The average molecular weight is 375 g/mol. The molecule has 2 N–H and O–H groups in total. The molecule has 144 valence electrons. The third-order valence-corrected chi connectivity index (χ3v) is 6.05. The van der Waals surface area contributed by atoms with Gasteiger partial charge >= 0.3 is 0 Å². The molecule has 2 aromatic heterocycles. The maximum atomic E-state index is 12.9. The minimum Gasteiger partial charge on any atom is -0.347 e. The van der Waals surface area contributed by atoms with Crippen LogP contribution >= 0.6 is 0 Å². The number of amides is 1. The van der Waals surface area contributed by atoms with Crippen molar-refractivity contribution < 1.29 is 4.79 Å². The molecule has 0 radical (unpaired) electrons. The van der Waals surface area contributed by atoms with Gasteiger partial charge in [0.15, 0.2) is 5.82 Å². The molecule has 2 aliphatic carbocycles. The zero-order valence-corrected chi connectivity index (χ0v) is 16.1. The van der Waals surface area contributed by atoms with Crippen molar-refractivity contribution in [1.82, 2.24) is 24.8 Å². The molecule has 0 bridgehead atoms. The van der Waals surface area contributed by atoms with Gasteiger partial charge < -0.3 is 14.9 Å². The Morgan fingerprint density at radius 1 is 1.25 bits per heavy atom. The van der Waals surface area contributed by atoms with E-state index in [1.165, 1.54) is 0 Å². The van der Waals surface area contributed by atoms with Crippen LogP contribution in [0, 0.1) is 0 Å². The normalized spacial score (nSPS) is 21.6. The Balaban J connectivity index is 1.31. The molecule has 1 saturated carbocycles. The average Bonchev–Trinajstić information content (AvgIpc) is 3.30. The van der Waals surface area contributed by atoms with Crippen molar-refractivity contribution in [2.24, 2.45) is 7.05 Å². The quantitative estimate of drug-likeness (QED) is 0.733. The molecule has 2 aliphatic rings. The molecule has 2 atom stereocenters. The van der Waals surface area contributed by atoms with Gasteiger partial charge in [0.25, 0.3) is 5.91 Å². The number of nitrogens with zero attached hydrogens (tertiary/aromatic N) is 3. The number of rotatable bonds is 3. The molecular weight excluding hydrogens is 350 g/mol. The zero-order chi connectivity index (χ0) is 19.1. The fourth-order valence-corrected chi connectivity index (χ4v) is 4.56. The number of carbonyl (C=O) groups excluding carboxylic acids is 1. The minimum atomic E-state index is -0.0689. The topological polar surface area (TPSA) is 75.6 Å². The van der Waals surface area contributed by atoms with E-state index < -0.39 is 0 Å². The van der Waals surface area contributed by atoms with Gasteiger partial charge in [-0.1, -0.05) is 24.6 Å². The lowest BCUT2D eigenvalue weighted by atomic mass is 9.85. The van der Waals surface area contributed by atoms with Crippen molar-refractivity contribution in [2.75, 3.05) is 0 Å². The Morgan fingerprint density at radius 2 is 2.14 bits per heavy atom. The number of para-hydroxylation sites is 2. The van der Waals surface area contributed by atoms with Crippen LogP contribution in [0.5, 0.6) is 0 Å². The molecule has 6 nitrogen and oxygen atoms in total. The van der Waals surface area contributed by atoms with E-state index in [4.69, 9.17) is 4.98 Å². The summed E-state index contributed by atoms with van der Waals surface area (Å²) in [5.41, 5.74) is 4.17. The van der Waals surface area contributed by atoms with E-state index in [0.717, 1.165) is 66.8 Å². The van der Waals surface area contributed by atoms with Gasteiger partial charge in [-0.25, -0.2) is 9.97 Å². The number of nitrogens with one attached hydrogen (secondary N) is 2. The predicted octanol–water partition coefficient (Wildman–Crippen LogP) is 3.71. The SMILES string of the molecule is Cn1c(C(=O)N[C@@H]2CCC[C@H](c3nc4ccccc4[nH]3)C2)nc2c1C=CCC2. The maximum Gasteiger partial charge on any atom is 0.287 e. The van der Waals surface area contributed by atoms with Gasteiger partial charge in [0, 0.05) is 19.0 Å². The minimum absolute atomic E-state index is 0.0689. The second-order valence-corrected chi connectivity index (χ2v) is 7.94. The van der Waals surface area contributed by atoms with Gasteiger partial charge in [0.2, 0.25) is 0 Å². The second-order valence-electron chi connectivity index (χ2n) is 7.94. The molecule has 0 aliphatic heterocycles. The number of aromatic nitrogens is 4. The Morgan fingerprint density at radius 3 is 3.00 bits per heavy atom. The van der Waals surface area contributed by atoms with Crippen LogP contribution in [0.3, 0.4) is 0 Å². The molecule has 3 aromatic rings. The third kappa shape index (κ3) is 3.03. The van der Waals surface area contributed by atoms with Crippen molar-refractivity contribution in [1.29, 1.82) is 0 Å². The number of imidazole rings is 2. The summed E-state index contributed by atoms with van der Waals surface area (Å²) < 4.78 is 1.92. The van der Waals surface area contributed by atoms with Gasteiger partial charge in [0.05, 0.1) is 22.4 Å². The largest absolute Gasteiger partial charge is 0.347 e. The van der Waals surface area contributed by atoms with Crippen molar-refractivity contribution in [3.63, 3.8) is 0 Å². The highest BCUT2D eigenvalue weighted by Gasteiger charge is 2.28. The van der Waals surface area contributed by atoms with Crippen molar-refractivity contribution in [3.05, 3.63) is 53.4 Å². The Kier molecular flexibility index (Phi) is 4.26. The number of fused-ring (bicyclic) bond motifs is 2. The summed E-state index contributed by atoms with van der Waals surface area (Å²) in [6.07, 6.45) is 10.2. The van der Waals surface area contributed by atoms with E-state index in [2.05, 4.69) is 33.5 Å². The smallest absolute Gasteiger partial charge is 0.287 e. The van der Waals surface area contributed by atoms with E-state index in [1.807, 2.05) is 29.8 Å². The first-order valence-electron chi connectivity index (χ1n) is 10.2. The van der Waals surface area contributed by atoms with Crippen LogP contribution in [0.4, 0.5) is 0 Å². The van der Waals surface area contributed by atoms with Gasteiger partial charge in [0.1, 0.15) is 5.82 Å². The molecule has 0 unspecified atom stereocenters. The predicted molar refractivity (Wildman–Crippen MR) is 109 cm³/mol. The molecular formula is C22H25N5O. The van der Waals surface area contributed by atoms with Crippen molar-refractivity contribution in [3.8, 4) is 0 Å². The number of hydrogen-bond donors (Lipinski definition) is 2. The van der Waals surface area contributed by atoms with Crippen LogP contribution in [0.1, 0.15) is 65.9 Å². The first kappa shape index (κ1) is 17.2. The number of aryl methyl sites for hydroxylation is 1. The van der Waals surface area contributed by atoms with Crippen LogP contribution in [-0.4, -0.2) is 31.5 Å². The second kappa shape index (κ2) is 6.93. The highest BCUT2D eigenvalue weighted by Crippen LogP contribution is 2.32. The summed E-state index contributed by atoms with van der Waals surface area (Å²) >= 11 is 0. The number of carbonyl (C=O) groups is 1. The summed E-state index contributed by atoms with van der Waals surface area (Å²) in [7, 11) is 1.93. The lowest BCUT2D eigenvalue weighted by Crippen LogP contribution is -2.39. The Hall–Kier alpha value is -2.89. The summed E-state index contributed by atoms with van der Waals surface area (Å²) in [4.78, 5) is 25.7. The maximum absolute atomic E-state index is 12.9. The van der Waals surface area contributed by atoms with Crippen molar-refractivity contribution in [2.45, 2.75) is 50.5 Å². The van der Waals surface area contributed by atoms with Gasteiger partial charge in [-0.05, 0) is 50.3 Å². The number of H-pyrrole nitrogens is 1. The van der Waals surface area contributed by atoms with Gasteiger partial charge in [-0.2, -0.15) is 0 Å². The monoisotopic (exact) mass is 375 g/mol. The summed E-state index contributed by atoms with van der Waals surface area (Å²) in [6.45, 7) is 0. The van der Waals surface area contributed by atoms with Crippen LogP contribution < -0.4 is 5.32 Å². The number of allylic oxidation sites excluding steroid dienone is 1. The van der Waals surface area contributed by atoms with E-state index in [-0.39, 0.29) is 11.9 Å². The third-order valence-electron chi connectivity index (χ3n) is 6.05. The van der Waals surface area contributed by atoms with Crippen LogP contribution in [-0.2, 0) is 13.5 Å². The fraction of sp³-hybridized carbons (Fsp3) is 0.409. The Bertz CT molecular complexity index is 1030. The Labute approximate surface area is 164 Å². The van der Waals surface area contributed by atoms with Gasteiger partial charge in [-0.3, -0.25) is 4.79 Å². The van der Waals surface area contributed by atoms with Crippen molar-refractivity contribution >= 4 is 23.0 Å². The molecule has 5 rings (SSSR count). The number of benzene rings is 1. The summed E-state index contributed by atoms with van der Waals surface area (Å²) in [5, 5.41) is 3.23. The number of hydrogen-bond acceptors (Lipinski definition) is 3. The molecule has 2 heterocycles. The van der Waals surface area contributed by atoms with Crippen LogP contribution in [0.25, 0.3) is 17.1 Å². The van der Waals surface area contributed by atoms with E-state index in [1.54, 1.807) is 0 Å². The summed E-state index contributed by atoms with van der Waals surface area (Å²) in [5.74, 6) is 1.84. The zero-order valence-electron chi connectivity index (χ0n) is 16.1. The highest BCUT2D eigenvalue weighted by molar-refractivity contribution is 5.91. The van der Waals surface area contributed by atoms with E-state index in [9.17, 15) is 4.79 Å². The van der Waals surface area contributed by atoms with Gasteiger partial charge in [-0.15, -0.1) is 0 Å². The van der Waals surface area contributed by atoms with E-state index in [0.29, 0.717) is 11.7 Å². The fourth-order valence-electron chi connectivity index (χ4n) is 4.56. The molecule has 1 amide bonds. The number of aromatic amines is 1. The summed E-state index contributed by atoms with van der Waals surface area (Å²) in [6, 6.07) is 8.29. The first-order chi connectivity index (χ1) is 13.7. The standard InChI is InChI=1S/C22H25N5O/c1-27-19-12-5-4-11-18(19)26-21(27)22(28)23-15-8-6-7-14(13-15)20-24-16-9-2-3-10-17(16)25-20/h2-3,5,9-10,12,14-15H,4,6-8,11,13H2,1H3,(H,23,28)(H,24,25)/t14-,15+/m0/s1. The lowest BCUT2D eigenvalue weighted by molar-refractivity contribution is 0.0910. The molecule has 0 saturated heterocycles. The molecule has 1 aromatic carbocycles. The van der Waals surface area contributed by atoms with Crippen LogP contribution in [0.2, 0.25) is 0 Å². The molecule has 28 heavy (non-hydrogen) atoms. The van der Waals surface area contributed by atoms with E-state index >= 15 is 0 Å². The molecule has 6 heteroatoms. The first-order valence-corrected chi connectivity index (χ1v) is 10.2. The highest BCUT2D eigenvalue weighted by atomic mass is 16.2.